The predicted molar refractivity (Wildman–Crippen MR) is 264 cm³/mol. The predicted octanol–water partition coefficient (Wildman–Crippen LogP) is 15.2. The molecule has 64 heavy (non-hydrogen) atoms. The van der Waals surface area contributed by atoms with Gasteiger partial charge in [0.15, 0.2) is 0 Å². The Labute approximate surface area is 377 Å². The van der Waals surface area contributed by atoms with Crippen molar-refractivity contribution in [3.05, 3.63) is 214 Å². The Balaban J connectivity index is 0.875. The standard InChI is InChI=1S/C61H54N2O/c1-60(2)50-25-9-7-22-45(50)48-35-53-49(36-52(48)60)58-44(24-15-26-51(58)61(53)30-11-4-12-31-61)41-20-13-18-39(32-41)40-19-14-21-42(33-40)54-37-55(63-59(62-54)38-16-5-3-6-17-38)43-28-29-47-46-23-8-10-27-56(46)64-57(47)34-43/h3,5-7,9-10,13-22,24-29,32-36,48,52,55,59,63H,4,8,11-12,23,30-31,37H2,1-2H3. The molecular formula is C61H54N2O. The molecule has 6 aliphatic rings. The van der Waals surface area contributed by atoms with Crippen LogP contribution in [0.5, 0.6) is 0 Å². The summed E-state index contributed by atoms with van der Waals surface area (Å²) in [6, 6.07) is 52.5. The van der Waals surface area contributed by atoms with Crippen molar-refractivity contribution in [2.24, 2.45) is 10.9 Å². The van der Waals surface area contributed by atoms with Crippen molar-refractivity contribution in [2.45, 2.75) is 94.2 Å². The molecule has 13 rings (SSSR count). The molecule has 2 heterocycles. The third-order valence-corrected chi connectivity index (χ3v) is 16.2. The summed E-state index contributed by atoms with van der Waals surface area (Å²) in [5.74, 6) is 1.88. The van der Waals surface area contributed by atoms with Crippen LogP contribution in [0.15, 0.2) is 173 Å². The lowest BCUT2D eigenvalue weighted by Crippen LogP contribution is -2.33. The average molecular weight is 831 g/mol. The first-order chi connectivity index (χ1) is 31.4. The minimum Gasteiger partial charge on any atom is -0.456 e. The van der Waals surface area contributed by atoms with Crippen molar-refractivity contribution in [2.75, 3.05) is 0 Å². The Kier molecular flexibility index (Phi) is 8.73. The van der Waals surface area contributed by atoms with Crippen molar-refractivity contribution < 1.29 is 4.42 Å². The van der Waals surface area contributed by atoms with Gasteiger partial charge in [-0.25, -0.2) is 0 Å². The number of nitrogens with zero attached hydrogens (tertiary/aromatic N) is 1. The fourth-order valence-electron chi connectivity index (χ4n) is 13.1. The Morgan fingerprint density at radius 2 is 1.42 bits per heavy atom. The van der Waals surface area contributed by atoms with E-state index in [1.54, 1.807) is 11.1 Å². The molecule has 1 fully saturated rings. The molecule has 1 saturated carbocycles. The molecule has 1 aromatic heterocycles. The van der Waals surface area contributed by atoms with Crippen LogP contribution in [0, 0.1) is 5.92 Å². The van der Waals surface area contributed by atoms with Crippen molar-refractivity contribution in [3.63, 3.8) is 0 Å². The molecule has 0 radical (unpaired) electrons. The van der Waals surface area contributed by atoms with Gasteiger partial charge < -0.3 is 4.42 Å². The van der Waals surface area contributed by atoms with Crippen LogP contribution in [0.2, 0.25) is 0 Å². The zero-order valence-corrected chi connectivity index (χ0v) is 36.9. The number of furan rings is 1. The van der Waals surface area contributed by atoms with Crippen LogP contribution in [0.4, 0.5) is 0 Å². The molecule has 0 bridgehead atoms. The number of fused-ring (bicyclic) bond motifs is 11. The summed E-state index contributed by atoms with van der Waals surface area (Å²) < 4.78 is 6.42. The number of nitrogens with one attached hydrogen (secondary N) is 1. The van der Waals surface area contributed by atoms with Crippen molar-refractivity contribution in [1.82, 2.24) is 5.32 Å². The maximum absolute atomic E-state index is 6.42. The molecular weight excluding hydrogens is 777 g/mol. The van der Waals surface area contributed by atoms with Crippen molar-refractivity contribution in [3.8, 4) is 22.3 Å². The number of hydrogen-bond donors (Lipinski definition) is 1. The highest BCUT2D eigenvalue weighted by Gasteiger charge is 2.53. The number of aryl methyl sites for hydroxylation is 1. The molecule has 7 aromatic rings. The topological polar surface area (TPSA) is 37.5 Å². The highest BCUT2D eigenvalue weighted by molar-refractivity contribution is 6.03. The summed E-state index contributed by atoms with van der Waals surface area (Å²) in [7, 11) is 0. The summed E-state index contributed by atoms with van der Waals surface area (Å²) in [5.41, 5.74) is 21.5. The van der Waals surface area contributed by atoms with Gasteiger partial charge in [0.05, 0.1) is 0 Å². The van der Waals surface area contributed by atoms with Gasteiger partial charge in [0.1, 0.15) is 17.5 Å². The fourth-order valence-corrected chi connectivity index (χ4v) is 13.1. The van der Waals surface area contributed by atoms with Crippen LogP contribution >= 0.6 is 0 Å². The smallest absolute Gasteiger partial charge is 0.135 e. The lowest BCUT2D eigenvalue weighted by atomic mass is 9.64. The molecule has 1 aliphatic heterocycles. The first kappa shape index (κ1) is 38.2. The molecule has 1 spiro atoms. The van der Waals surface area contributed by atoms with E-state index in [1.165, 1.54) is 104 Å². The van der Waals surface area contributed by atoms with E-state index in [-0.39, 0.29) is 23.0 Å². The van der Waals surface area contributed by atoms with E-state index in [1.807, 2.05) is 0 Å². The average Bonchev–Trinajstić information content (AvgIpc) is 3.94. The second-order valence-corrected chi connectivity index (χ2v) is 20.0. The number of benzene rings is 6. The van der Waals surface area contributed by atoms with Crippen LogP contribution in [0.3, 0.4) is 0 Å². The SMILES string of the molecule is CC1(C)c2ccccc2C2C=C3C(=CC21)c1c(-c2cccc(-c4cccc(C5=NC(c6ccccc6)NC(c6ccc7c8c(oc7c6)C=CCC8)C5)c4)c2)cccc1C31CCCCC1. The maximum Gasteiger partial charge on any atom is 0.135 e. The van der Waals surface area contributed by atoms with Gasteiger partial charge in [0, 0.05) is 40.5 Å². The number of allylic oxidation sites excluding steroid dienone is 5. The lowest BCUT2D eigenvalue weighted by molar-refractivity contribution is 0.345. The van der Waals surface area contributed by atoms with Crippen LogP contribution in [-0.2, 0) is 17.3 Å². The number of rotatable bonds is 5. The Bertz CT molecular complexity index is 3150. The van der Waals surface area contributed by atoms with Crippen LogP contribution in [0.1, 0.15) is 127 Å². The summed E-state index contributed by atoms with van der Waals surface area (Å²) >= 11 is 0. The van der Waals surface area contributed by atoms with Gasteiger partial charge in [-0.05, 0) is 134 Å². The Morgan fingerprint density at radius 3 is 2.28 bits per heavy atom. The monoisotopic (exact) mass is 830 g/mol. The number of hydrogen-bond acceptors (Lipinski definition) is 3. The van der Waals surface area contributed by atoms with E-state index in [4.69, 9.17) is 9.41 Å². The first-order valence-electron chi connectivity index (χ1n) is 23.9. The van der Waals surface area contributed by atoms with E-state index in [2.05, 4.69) is 183 Å². The lowest BCUT2D eigenvalue weighted by Gasteiger charge is -2.39. The molecule has 3 nitrogen and oxygen atoms in total. The van der Waals surface area contributed by atoms with Gasteiger partial charge in [-0.3, -0.25) is 10.3 Å². The molecule has 3 heteroatoms. The third kappa shape index (κ3) is 5.86. The minimum atomic E-state index is -0.162. The quantitative estimate of drug-likeness (QED) is 0.188. The van der Waals surface area contributed by atoms with Gasteiger partial charge >= 0.3 is 0 Å². The zero-order valence-electron chi connectivity index (χ0n) is 36.9. The molecule has 1 N–H and O–H groups in total. The second-order valence-electron chi connectivity index (χ2n) is 20.0. The van der Waals surface area contributed by atoms with Gasteiger partial charge in [0.25, 0.3) is 0 Å². The van der Waals surface area contributed by atoms with E-state index >= 15 is 0 Å². The van der Waals surface area contributed by atoms with E-state index in [0.717, 1.165) is 36.3 Å². The third-order valence-electron chi connectivity index (χ3n) is 16.2. The van der Waals surface area contributed by atoms with Crippen molar-refractivity contribution in [1.29, 1.82) is 0 Å². The van der Waals surface area contributed by atoms with Gasteiger partial charge in [0.2, 0.25) is 0 Å². The second kappa shape index (κ2) is 14.6. The fraction of sp³-hybridized carbons (Fsp3) is 0.262. The Hall–Kier alpha value is -6.29. The molecule has 4 atom stereocenters. The first-order valence-corrected chi connectivity index (χ1v) is 23.9. The number of aliphatic imine (C=N–C) groups is 1. The van der Waals surface area contributed by atoms with Crippen molar-refractivity contribution >= 4 is 28.3 Å². The van der Waals surface area contributed by atoms with Gasteiger partial charge in [-0.2, -0.15) is 0 Å². The molecule has 5 aliphatic carbocycles. The highest BCUT2D eigenvalue weighted by atomic mass is 16.3. The van der Waals surface area contributed by atoms with Crippen LogP contribution < -0.4 is 5.32 Å². The molecule has 0 amide bonds. The van der Waals surface area contributed by atoms with Gasteiger partial charge in [-0.15, -0.1) is 0 Å². The van der Waals surface area contributed by atoms with E-state index in [9.17, 15) is 0 Å². The Morgan fingerprint density at radius 1 is 0.672 bits per heavy atom. The zero-order chi connectivity index (χ0) is 42.6. The summed E-state index contributed by atoms with van der Waals surface area (Å²) in [6.45, 7) is 4.95. The molecule has 4 unspecified atom stereocenters. The van der Waals surface area contributed by atoms with Gasteiger partial charge in [-0.1, -0.05) is 173 Å². The maximum atomic E-state index is 6.42. The molecule has 314 valence electrons. The summed E-state index contributed by atoms with van der Waals surface area (Å²) in [5, 5.41) is 5.15. The normalized spacial score (nSPS) is 23.4. The van der Waals surface area contributed by atoms with E-state index in [0.29, 0.717) is 11.8 Å². The summed E-state index contributed by atoms with van der Waals surface area (Å²) in [6.07, 6.45) is 19.0. The molecule has 0 saturated heterocycles. The van der Waals surface area contributed by atoms with Crippen LogP contribution in [0.25, 0.3) is 44.9 Å². The molecule has 6 aromatic carbocycles. The largest absolute Gasteiger partial charge is 0.456 e. The highest BCUT2D eigenvalue weighted by Crippen LogP contribution is 2.64. The minimum absolute atomic E-state index is 0.0722. The summed E-state index contributed by atoms with van der Waals surface area (Å²) in [4.78, 5) is 5.44. The van der Waals surface area contributed by atoms with Crippen LogP contribution in [-0.4, -0.2) is 5.71 Å². The van der Waals surface area contributed by atoms with E-state index < -0.39 is 0 Å².